The number of hydrogen-bond acceptors (Lipinski definition) is 1. The van der Waals surface area contributed by atoms with Crippen molar-refractivity contribution in [2.75, 3.05) is 0 Å². The Morgan fingerprint density at radius 3 is 2.50 bits per heavy atom. The third-order valence-electron chi connectivity index (χ3n) is 5.28. The number of benzene rings is 2. The van der Waals surface area contributed by atoms with Crippen molar-refractivity contribution in [1.29, 1.82) is 5.26 Å². The molecule has 108 valence electrons. The summed E-state index contributed by atoms with van der Waals surface area (Å²) in [5.74, 6) is 0. The minimum atomic E-state index is 0.742. The summed E-state index contributed by atoms with van der Waals surface area (Å²) in [6.45, 7) is 9.71. The van der Waals surface area contributed by atoms with Crippen LogP contribution in [0.3, 0.4) is 0 Å². The topological polar surface area (TPSA) is 32.6 Å². The highest BCUT2D eigenvalue weighted by molar-refractivity contribution is 5.85. The van der Waals surface area contributed by atoms with Crippen LogP contribution in [0, 0.1) is 39.0 Å². The minimum Gasteiger partial charge on any atom is -0.192 e. The van der Waals surface area contributed by atoms with E-state index < -0.39 is 0 Å². The Morgan fingerprint density at radius 1 is 1.05 bits per heavy atom. The average Bonchev–Trinajstić information content (AvgIpc) is 3.06. The molecule has 0 atom stereocenters. The Hall–Kier alpha value is -2.60. The lowest BCUT2D eigenvalue weighted by Gasteiger charge is -2.13. The molecule has 3 aromatic rings. The van der Waals surface area contributed by atoms with Crippen LogP contribution < -0.4 is 4.68 Å². The average molecular weight is 288 g/mol. The van der Waals surface area contributed by atoms with Gasteiger partial charge in [-0.15, -0.1) is 9.36 Å². The van der Waals surface area contributed by atoms with Gasteiger partial charge in [-0.05, 0) is 62.1 Å². The van der Waals surface area contributed by atoms with Crippen molar-refractivity contribution in [1.82, 2.24) is 4.68 Å². The molecule has 3 heteroatoms. The van der Waals surface area contributed by atoms with Gasteiger partial charge in [-0.2, -0.15) is 5.26 Å². The van der Waals surface area contributed by atoms with Crippen LogP contribution in [-0.4, -0.2) is 4.68 Å². The fourth-order valence-corrected chi connectivity index (χ4v) is 3.69. The lowest BCUT2D eigenvalue weighted by molar-refractivity contribution is -0.749. The van der Waals surface area contributed by atoms with Gasteiger partial charge in [0.1, 0.15) is 17.3 Å². The summed E-state index contributed by atoms with van der Waals surface area (Å²) in [6, 6.07) is 8.26. The van der Waals surface area contributed by atoms with Gasteiger partial charge in [0.2, 0.25) is 6.20 Å². The fraction of sp³-hybridized carbons (Fsp3) is 0.263. The van der Waals surface area contributed by atoms with Gasteiger partial charge in [-0.25, -0.2) is 0 Å². The van der Waals surface area contributed by atoms with Crippen LogP contribution >= 0.6 is 0 Å². The van der Waals surface area contributed by atoms with E-state index in [1.54, 1.807) is 0 Å². The minimum absolute atomic E-state index is 0.742. The van der Waals surface area contributed by atoms with Crippen molar-refractivity contribution in [3.8, 4) is 11.8 Å². The summed E-state index contributed by atoms with van der Waals surface area (Å²) in [7, 11) is 0. The van der Waals surface area contributed by atoms with Crippen molar-refractivity contribution < 1.29 is 4.68 Å². The molecule has 1 aliphatic heterocycles. The van der Waals surface area contributed by atoms with E-state index >= 15 is 0 Å². The van der Waals surface area contributed by atoms with E-state index in [1.165, 1.54) is 33.5 Å². The van der Waals surface area contributed by atoms with Crippen molar-refractivity contribution >= 4 is 10.9 Å². The van der Waals surface area contributed by atoms with Gasteiger partial charge in [0.25, 0.3) is 0 Å². The van der Waals surface area contributed by atoms with Crippen LogP contribution in [-0.2, 0) is 6.54 Å². The standard InChI is InChI=1S/C19H18N3/c1-11-12(2)14(4)19-16(13(11)3)9-21-10-17-15(8-20)6-5-7-18(17)22(19)21/h5-7,10H,9H2,1-4H3/q+1. The molecule has 0 bridgehead atoms. The predicted molar refractivity (Wildman–Crippen MR) is 86.2 cm³/mol. The molecule has 4 rings (SSSR count). The molecule has 1 aromatic heterocycles. The smallest absolute Gasteiger partial charge is 0.192 e. The Morgan fingerprint density at radius 2 is 1.77 bits per heavy atom. The molecule has 0 unspecified atom stereocenters. The molecular formula is C19H18N3+. The quantitative estimate of drug-likeness (QED) is 0.457. The molecule has 2 heterocycles. The fourth-order valence-electron chi connectivity index (χ4n) is 3.69. The first-order valence-electron chi connectivity index (χ1n) is 7.58. The van der Waals surface area contributed by atoms with Gasteiger partial charge >= 0.3 is 0 Å². The molecule has 0 spiro atoms. The third-order valence-corrected chi connectivity index (χ3v) is 5.28. The van der Waals surface area contributed by atoms with Crippen LogP contribution in [0.1, 0.15) is 33.4 Å². The second-order valence-corrected chi connectivity index (χ2v) is 6.22. The second-order valence-electron chi connectivity index (χ2n) is 6.22. The first-order chi connectivity index (χ1) is 10.5. The molecule has 0 radical (unpaired) electrons. The highest BCUT2D eigenvalue weighted by Crippen LogP contribution is 2.34. The maximum atomic E-state index is 9.33. The Kier molecular flexibility index (Phi) is 2.50. The summed E-state index contributed by atoms with van der Waals surface area (Å²) in [4.78, 5) is 0. The molecular weight excluding hydrogens is 270 g/mol. The largest absolute Gasteiger partial charge is 0.205 e. The molecule has 1 aliphatic rings. The van der Waals surface area contributed by atoms with Crippen molar-refractivity contribution in [2.45, 2.75) is 34.2 Å². The number of nitriles is 1. The van der Waals surface area contributed by atoms with E-state index in [4.69, 9.17) is 0 Å². The Labute approximate surface area is 130 Å². The number of hydrogen-bond donors (Lipinski definition) is 0. The van der Waals surface area contributed by atoms with E-state index in [-0.39, 0.29) is 0 Å². The van der Waals surface area contributed by atoms with Crippen molar-refractivity contribution in [3.63, 3.8) is 0 Å². The molecule has 3 nitrogen and oxygen atoms in total. The molecule has 0 amide bonds. The summed E-state index contributed by atoms with van der Waals surface area (Å²) < 4.78 is 4.51. The summed E-state index contributed by atoms with van der Waals surface area (Å²) >= 11 is 0. The molecule has 2 aromatic carbocycles. The van der Waals surface area contributed by atoms with Gasteiger partial charge in [0.15, 0.2) is 6.54 Å². The van der Waals surface area contributed by atoms with Crippen LogP contribution in [0.2, 0.25) is 0 Å². The summed E-state index contributed by atoms with van der Waals surface area (Å²) in [5.41, 5.74) is 10.0. The number of rotatable bonds is 0. The molecule has 22 heavy (non-hydrogen) atoms. The maximum absolute atomic E-state index is 9.33. The SMILES string of the molecule is Cc1c(C)c(C)c2c(c1C)C[n+]1cc3c(C#N)cccc3n1-2. The van der Waals surface area contributed by atoms with Gasteiger partial charge in [-0.1, -0.05) is 6.07 Å². The van der Waals surface area contributed by atoms with Crippen LogP contribution in [0.15, 0.2) is 24.4 Å². The van der Waals surface area contributed by atoms with E-state index in [1.807, 2.05) is 12.1 Å². The van der Waals surface area contributed by atoms with E-state index in [2.05, 4.69) is 55.4 Å². The van der Waals surface area contributed by atoms with Gasteiger partial charge in [-0.3, -0.25) is 0 Å². The Bertz CT molecular complexity index is 1000. The van der Waals surface area contributed by atoms with Gasteiger partial charge in [0.05, 0.1) is 16.5 Å². The van der Waals surface area contributed by atoms with Crippen LogP contribution in [0.5, 0.6) is 0 Å². The van der Waals surface area contributed by atoms with E-state index in [0.717, 1.165) is 23.0 Å². The summed E-state index contributed by atoms with van der Waals surface area (Å²) in [6.07, 6.45) is 2.11. The lowest BCUT2D eigenvalue weighted by Crippen LogP contribution is -2.36. The van der Waals surface area contributed by atoms with E-state index in [0.29, 0.717) is 0 Å². The zero-order chi connectivity index (χ0) is 15.6. The first kappa shape index (κ1) is 13.1. The lowest BCUT2D eigenvalue weighted by atomic mass is 9.92. The van der Waals surface area contributed by atoms with E-state index in [9.17, 15) is 5.26 Å². The third kappa shape index (κ3) is 1.42. The molecule has 0 saturated carbocycles. The molecule has 0 fully saturated rings. The van der Waals surface area contributed by atoms with Crippen LogP contribution in [0.4, 0.5) is 0 Å². The van der Waals surface area contributed by atoms with Crippen LogP contribution in [0.25, 0.3) is 16.6 Å². The first-order valence-corrected chi connectivity index (χ1v) is 7.58. The maximum Gasteiger partial charge on any atom is 0.205 e. The molecule has 0 saturated heterocycles. The molecule has 0 aliphatic carbocycles. The zero-order valence-electron chi connectivity index (χ0n) is 13.4. The normalized spacial score (nSPS) is 12.3. The van der Waals surface area contributed by atoms with Gasteiger partial charge < -0.3 is 0 Å². The number of fused-ring (bicyclic) bond motifs is 5. The number of aromatic nitrogens is 2. The zero-order valence-corrected chi connectivity index (χ0v) is 13.4. The predicted octanol–water partition coefficient (Wildman–Crippen LogP) is 3.39. The highest BCUT2D eigenvalue weighted by Gasteiger charge is 2.33. The Balaban J connectivity index is 2.16. The number of nitrogens with zero attached hydrogens (tertiary/aromatic N) is 3. The second kappa shape index (κ2) is 4.20. The van der Waals surface area contributed by atoms with Crippen molar-refractivity contribution in [3.05, 3.63) is 57.8 Å². The van der Waals surface area contributed by atoms with Crippen molar-refractivity contribution in [2.24, 2.45) is 0 Å². The van der Waals surface area contributed by atoms with Gasteiger partial charge in [0, 0.05) is 0 Å². The monoisotopic (exact) mass is 288 g/mol. The molecule has 0 N–H and O–H groups in total. The summed E-state index contributed by atoms with van der Waals surface area (Å²) in [5, 5.41) is 10.4. The highest BCUT2D eigenvalue weighted by atomic mass is 15.4.